The minimum atomic E-state index is 0. The number of aromatic nitrogens is 2. The number of para-hydroxylation sites is 1. The van der Waals surface area contributed by atoms with Crippen molar-refractivity contribution in [2.75, 3.05) is 0 Å². The molecule has 0 saturated heterocycles. The summed E-state index contributed by atoms with van der Waals surface area (Å²) in [6.45, 7) is 0.486. The molecule has 3 nitrogen and oxygen atoms in total. The van der Waals surface area contributed by atoms with Gasteiger partial charge in [-0.2, -0.15) is 35.4 Å². The van der Waals surface area contributed by atoms with Crippen LogP contribution in [0.4, 0.5) is 0 Å². The molecule has 6 aromatic rings. The van der Waals surface area contributed by atoms with Crippen molar-refractivity contribution in [3.63, 3.8) is 0 Å². The largest absolute Gasteiger partial charge is 0.508 e. The Kier molecular flexibility index (Phi) is 9.71. The first-order chi connectivity index (χ1) is 17.8. The van der Waals surface area contributed by atoms with E-state index in [-0.39, 0.29) is 52.8 Å². The summed E-state index contributed by atoms with van der Waals surface area (Å²) >= 11 is 0. The van der Waals surface area contributed by atoms with Crippen LogP contribution in [0.15, 0.2) is 109 Å². The molecule has 3 heterocycles. The van der Waals surface area contributed by atoms with Crippen LogP contribution in [0.3, 0.4) is 0 Å². The molecule has 2 aromatic heterocycles. The maximum atomic E-state index is 5.92. The van der Waals surface area contributed by atoms with E-state index in [0.29, 0.717) is 6.61 Å². The summed E-state index contributed by atoms with van der Waals surface area (Å²) < 4.78 is 5.92. The molecule has 0 amide bonds. The zero-order valence-corrected chi connectivity index (χ0v) is 25.5. The van der Waals surface area contributed by atoms with Crippen molar-refractivity contribution < 1.29 is 57.6 Å². The third-order valence-electron chi connectivity index (χ3n) is 5.90. The minimum Gasteiger partial charge on any atom is -0.508 e. The molecule has 4 aromatic carbocycles. The molecule has 0 saturated carbocycles. The van der Waals surface area contributed by atoms with Crippen molar-refractivity contribution >= 4 is 10.9 Å². The first kappa shape index (κ1) is 28.0. The number of benzene rings is 4. The summed E-state index contributed by atoms with van der Waals surface area (Å²) in [5.41, 5.74) is 7.75. The second-order valence-electron chi connectivity index (χ2n) is 8.26. The Morgan fingerprint density at radius 2 is 1.47 bits per heavy atom. The van der Waals surface area contributed by atoms with Crippen LogP contribution in [0, 0.1) is 24.3 Å². The molecule has 2 radical (unpaired) electrons. The molecule has 1 aliphatic heterocycles. The predicted octanol–water partition coefficient (Wildman–Crippen LogP) is 7.41. The number of ether oxygens (including phenoxy) is 1. The SMILES string of the molecule is [Ir].[Y].[c-]1ccccc1-c1[c-]c2c([c-]c1)-c1nc3ccccc3cc1OC2.[c-]1ccccc1-c1ccccn1. The maximum absolute atomic E-state index is 5.92. The van der Waals surface area contributed by atoms with Crippen LogP contribution in [0.1, 0.15) is 5.56 Å². The minimum absolute atomic E-state index is 0. The van der Waals surface area contributed by atoms with Crippen molar-refractivity contribution in [2.24, 2.45) is 0 Å². The van der Waals surface area contributed by atoms with Gasteiger partial charge < -0.3 is 14.7 Å². The summed E-state index contributed by atoms with van der Waals surface area (Å²) in [6.07, 6.45) is 1.79. The molecular weight excluding hydrogens is 721 g/mol. The predicted molar refractivity (Wildman–Crippen MR) is 142 cm³/mol. The van der Waals surface area contributed by atoms with Gasteiger partial charge in [-0.3, -0.25) is 0 Å². The number of rotatable bonds is 2. The first-order valence-corrected chi connectivity index (χ1v) is 11.7. The van der Waals surface area contributed by atoms with Crippen LogP contribution in [0.2, 0.25) is 0 Å². The van der Waals surface area contributed by atoms with Gasteiger partial charge in [-0.25, -0.2) is 29.3 Å². The number of nitrogens with zero attached hydrogens (tertiary/aromatic N) is 2. The van der Waals surface area contributed by atoms with E-state index in [1.165, 1.54) is 0 Å². The zero-order valence-electron chi connectivity index (χ0n) is 20.3. The molecule has 0 bridgehead atoms. The van der Waals surface area contributed by atoms with Crippen molar-refractivity contribution in [3.8, 4) is 39.4 Å². The number of fused-ring (bicyclic) bond motifs is 4. The average molecular weight is 742 g/mol. The molecule has 0 N–H and O–H groups in total. The summed E-state index contributed by atoms with van der Waals surface area (Å²) in [5.74, 6) is 0.810. The summed E-state index contributed by atoms with van der Waals surface area (Å²) in [5, 5.41) is 1.08. The Bertz CT molecular complexity index is 1590. The van der Waals surface area contributed by atoms with Crippen LogP contribution in [-0.2, 0) is 59.4 Å². The average Bonchev–Trinajstić information content (AvgIpc) is 2.97. The van der Waals surface area contributed by atoms with Gasteiger partial charge in [0.25, 0.3) is 0 Å². The molecule has 0 fully saturated rings. The van der Waals surface area contributed by atoms with Crippen LogP contribution in [-0.4, -0.2) is 9.97 Å². The molecule has 1 aliphatic rings. The van der Waals surface area contributed by atoms with Gasteiger partial charge in [0.05, 0.1) is 17.9 Å². The number of pyridine rings is 2. The van der Waals surface area contributed by atoms with E-state index < -0.39 is 0 Å². The molecule has 0 aliphatic carbocycles. The van der Waals surface area contributed by atoms with E-state index in [2.05, 4.69) is 29.2 Å². The Hall–Kier alpha value is -3.01. The van der Waals surface area contributed by atoms with Crippen molar-refractivity contribution in [1.82, 2.24) is 9.97 Å². The van der Waals surface area contributed by atoms with Gasteiger partial charge in [-0.15, -0.1) is 42.0 Å². The third kappa shape index (κ3) is 6.17. The fourth-order valence-electron chi connectivity index (χ4n) is 4.13. The van der Waals surface area contributed by atoms with Crippen molar-refractivity contribution in [2.45, 2.75) is 6.61 Å². The van der Waals surface area contributed by atoms with Crippen LogP contribution >= 0.6 is 0 Å². The third-order valence-corrected chi connectivity index (χ3v) is 5.90. The van der Waals surface area contributed by atoms with Crippen LogP contribution < -0.4 is 4.74 Å². The summed E-state index contributed by atoms with van der Waals surface area (Å²) in [7, 11) is 0. The maximum Gasteiger partial charge on any atom is 0.0943 e. The van der Waals surface area contributed by atoms with E-state index >= 15 is 0 Å². The van der Waals surface area contributed by atoms with Gasteiger partial charge in [-0.1, -0.05) is 30.3 Å². The fourth-order valence-corrected chi connectivity index (χ4v) is 4.13. The zero-order chi connectivity index (χ0) is 24.2. The van der Waals surface area contributed by atoms with E-state index in [1.54, 1.807) is 6.20 Å². The molecular formula is C33H20IrN2OY-4. The van der Waals surface area contributed by atoms with Gasteiger partial charge in [0.15, 0.2) is 0 Å². The number of hydrogen-bond donors (Lipinski definition) is 0. The van der Waals surface area contributed by atoms with Crippen molar-refractivity contribution in [3.05, 3.63) is 139 Å². The van der Waals surface area contributed by atoms with E-state index in [0.717, 1.165) is 55.9 Å². The molecule has 0 spiro atoms. The monoisotopic (exact) mass is 742 g/mol. The summed E-state index contributed by atoms with van der Waals surface area (Å²) in [4.78, 5) is 8.99. The molecule has 0 unspecified atom stereocenters. The van der Waals surface area contributed by atoms with E-state index in [1.807, 2.05) is 103 Å². The Balaban J connectivity index is 0.000000205. The Morgan fingerprint density at radius 1 is 0.737 bits per heavy atom. The molecule has 38 heavy (non-hydrogen) atoms. The smallest absolute Gasteiger partial charge is 0.0943 e. The molecule has 184 valence electrons. The Morgan fingerprint density at radius 3 is 2.21 bits per heavy atom. The van der Waals surface area contributed by atoms with Gasteiger partial charge in [-0.05, 0) is 29.6 Å². The molecule has 0 atom stereocenters. The Labute approximate surface area is 261 Å². The molecule has 7 rings (SSSR count). The second kappa shape index (κ2) is 13.2. The molecule has 5 heteroatoms. The van der Waals surface area contributed by atoms with Gasteiger partial charge in [0.1, 0.15) is 0 Å². The van der Waals surface area contributed by atoms with Gasteiger partial charge in [0, 0.05) is 64.4 Å². The van der Waals surface area contributed by atoms with Crippen LogP contribution in [0.25, 0.3) is 44.5 Å². The number of hydrogen-bond acceptors (Lipinski definition) is 3. The topological polar surface area (TPSA) is 35.0 Å². The van der Waals surface area contributed by atoms with E-state index in [4.69, 9.17) is 9.72 Å². The van der Waals surface area contributed by atoms with Crippen LogP contribution in [0.5, 0.6) is 5.75 Å². The van der Waals surface area contributed by atoms with Crippen molar-refractivity contribution in [1.29, 1.82) is 0 Å². The van der Waals surface area contributed by atoms with Gasteiger partial charge in [0.2, 0.25) is 0 Å². The first-order valence-electron chi connectivity index (χ1n) is 11.7. The standard InChI is InChI=1S/C22H12NO.C11H8N.Ir.Y/c1-2-6-15(7-3-1)16-10-11-19-18(12-16)14-24-21-13-17-8-4-5-9-20(17)23-22(19)21;1-2-6-10(7-3-1)11-8-4-5-9-12-11;;/h1-6,8-10,13H,14H2;1-6,8-9H;;/q-3;-1;;. The summed E-state index contributed by atoms with van der Waals surface area (Å²) in [6, 6.07) is 46.8. The van der Waals surface area contributed by atoms with E-state index in [9.17, 15) is 0 Å². The van der Waals surface area contributed by atoms with Gasteiger partial charge >= 0.3 is 0 Å². The second-order valence-corrected chi connectivity index (χ2v) is 8.26. The fraction of sp³-hybridized carbons (Fsp3) is 0.0303. The normalized spacial score (nSPS) is 10.8. The quantitative estimate of drug-likeness (QED) is 0.174.